The van der Waals surface area contributed by atoms with E-state index >= 15 is 0 Å². The van der Waals surface area contributed by atoms with Gasteiger partial charge >= 0.3 is 0 Å². The zero-order valence-corrected chi connectivity index (χ0v) is 18.3. The molecule has 32 heavy (non-hydrogen) atoms. The molecule has 5 rings (SSSR count). The fraction of sp³-hybridized carbons (Fsp3) is 0.200. The van der Waals surface area contributed by atoms with Crippen LogP contribution in [0.2, 0.25) is 0 Å². The Balaban J connectivity index is 1.16. The number of hydrogen-bond acceptors (Lipinski definition) is 4. The molecule has 0 atom stereocenters. The summed E-state index contributed by atoms with van der Waals surface area (Å²) in [4.78, 5) is 22.7. The molecule has 1 amide bonds. The Morgan fingerprint density at radius 3 is 2.41 bits per heavy atom. The van der Waals surface area contributed by atoms with Crippen LogP contribution in [0.1, 0.15) is 16.1 Å². The molecule has 7 heteroatoms. The SMILES string of the molecule is O=C(c1ccc(SCc2cn3ccccc3n2)cc1)N1CCN(c2ccc(F)cc2)CC1. The molecule has 1 aliphatic rings. The molecule has 1 aliphatic heterocycles. The normalized spacial score (nSPS) is 14.2. The standard InChI is InChI=1S/C25H23FN4OS/c26-20-6-8-22(9-7-20)28-13-15-29(16-14-28)25(31)19-4-10-23(11-5-19)32-18-21-17-30-12-2-1-3-24(30)27-21/h1-12,17H,13-16,18H2. The molecule has 2 aromatic heterocycles. The summed E-state index contributed by atoms with van der Waals surface area (Å²) in [5.74, 6) is 0.600. The molecule has 162 valence electrons. The molecule has 4 aromatic rings. The second kappa shape index (κ2) is 9.04. The topological polar surface area (TPSA) is 40.9 Å². The number of pyridine rings is 1. The molecule has 0 saturated carbocycles. The lowest BCUT2D eigenvalue weighted by Crippen LogP contribution is -2.48. The molecule has 0 bridgehead atoms. The first-order chi connectivity index (χ1) is 15.7. The van der Waals surface area contributed by atoms with Crippen molar-refractivity contribution in [3.63, 3.8) is 0 Å². The lowest BCUT2D eigenvalue weighted by atomic mass is 10.1. The van der Waals surface area contributed by atoms with Gasteiger partial charge in [-0.2, -0.15) is 0 Å². The quantitative estimate of drug-likeness (QED) is 0.416. The van der Waals surface area contributed by atoms with E-state index in [9.17, 15) is 9.18 Å². The van der Waals surface area contributed by atoms with Crippen molar-refractivity contribution in [3.05, 3.63) is 96.2 Å². The van der Waals surface area contributed by atoms with Crippen LogP contribution < -0.4 is 4.90 Å². The Morgan fingerprint density at radius 2 is 1.69 bits per heavy atom. The van der Waals surface area contributed by atoms with Crippen LogP contribution >= 0.6 is 11.8 Å². The number of hydrogen-bond donors (Lipinski definition) is 0. The van der Waals surface area contributed by atoms with Gasteiger partial charge in [-0.15, -0.1) is 11.8 Å². The molecule has 0 radical (unpaired) electrons. The first-order valence-electron chi connectivity index (χ1n) is 10.6. The van der Waals surface area contributed by atoms with Crippen LogP contribution in [0.5, 0.6) is 0 Å². The summed E-state index contributed by atoms with van der Waals surface area (Å²) in [5, 5.41) is 0. The monoisotopic (exact) mass is 446 g/mol. The Kier molecular flexibility index (Phi) is 5.81. The maximum Gasteiger partial charge on any atom is 0.253 e. The highest BCUT2D eigenvalue weighted by atomic mass is 32.2. The summed E-state index contributed by atoms with van der Waals surface area (Å²) >= 11 is 1.71. The van der Waals surface area contributed by atoms with Crippen LogP contribution in [0.4, 0.5) is 10.1 Å². The number of piperazine rings is 1. The van der Waals surface area contributed by atoms with Crippen molar-refractivity contribution in [1.29, 1.82) is 0 Å². The lowest BCUT2D eigenvalue weighted by molar-refractivity contribution is 0.0746. The zero-order chi connectivity index (χ0) is 21.9. The molecule has 0 spiro atoms. The average Bonchev–Trinajstić information content (AvgIpc) is 3.26. The molecule has 2 aromatic carbocycles. The van der Waals surface area contributed by atoms with Crippen molar-refractivity contribution < 1.29 is 9.18 Å². The lowest BCUT2D eigenvalue weighted by Gasteiger charge is -2.36. The highest BCUT2D eigenvalue weighted by Gasteiger charge is 2.22. The molecule has 1 saturated heterocycles. The van der Waals surface area contributed by atoms with E-state index in [4.69, 9.17) is 0 Å². The number of amides is 1. The third-order valence-corrected chi connectivity index (χ3v) is 6.71. The fourth-order valence-electron chi connectivity index (χ4n) is 3.91. The van der Waals surface area contributed by atoms with E-state index in [1.165, 1.54) is 12.1 Å². The van der Waals surface area contributed by atoms with Crippen molar-refractivity contribution in [3.8, 4) is 0 Å². The number of benzene rings is 2. The second-order valence-corrected chi connectivity index (χ2v) is 8.82. The van der Waals surface area contributed by atoms with Crippen LogP contribution in [0.25, 0.3) is 5.65 Å². The van der Waals surface area contributed by atoms with Crippen molar-refractivity contribution in [2.24, 2.45) is 0 Å². The molecular formula is C25H23FN4OS. The highest BCUT2D eigenvalue weighted by Crippen LogP contribution is 2.24. The van der Waals surface area contributed by atoms with E-state index in [1.54, 1.807) is 23.9 Å². The van der Waals surface area contributed by atoms with Crippen molar-refractivity contribution in [1.82, 2.24) is 14.3 Å². The summed E-state index contributed by atoms with van der Waals surface area (Å²) in [7, 11) is 0. The molecule has 1 fully saturated rings. The van der Waals surface area contributed by atoms with Crippen LogP contribution in [0.15, 0.2) is 84.0 Å². The Morgan fingerprint density at radius 1 is 0.938 bits per heavy atom. The maximum atomic E-state index is 13.1. The number of aromatic nitrogens is 2. The highest BCUT2D eigenvalue weighted by molar-refractivity contribution is 7.98. The minimum atomic E-state index is -0.234. The van der Waals surface area contributed by atoms with Crippen LogP contribution in [-0.4, -0.2) is 46.4 Å². The van der Waals surface area contributed by atoms with E-state index in [-0.39, 0.29) is 11.7 Å². The molecule has 5 nitrogen and oxygen atoms in total. The van der Waals surface area contributed by atoms with Gasteiger partial charge in [-0.05, 0) is 60.7 Å². The number of thioether (sulfide) groups is 1. The third-order valence-electron chi connectivity index (χ3n) is 5.66. The number of halogens is 1. The van der Waals surface area contributed by atoms with Gasteiger partial charge in [-0.3, -0.25) is 4.79 Å². The number of carbonyl (C=O) groups excluding carboxylic acids is 1. The summed E-state index contributed by atoms with van der Waals surface area (Å²) in [6.07, 6.45) is 4.04. The van der Waals surface area contributed by atoms with Gasteiger partial charge in [0.1, 0.15) is 11.5 Å². The maximum absolute atomic E-state index is 13.1. The predicted octanol–water partition coefficient (Wildman–Crippen LogP) is 4.73. The van der Waals surface area contributed by atoms with Crippen molar-refractivity contribution in [2.75, 3.05) is 31.1 Å². The molecule has 3 heterocycles. The second-order valence-electron chi connectivity index (χ2n) is 7.77. The number of nitrogens with zero attached hydrogens (tertiary/aromatic N) is 4. The zero-order valence-electron chi connectivity index (χ0n) is 17.5. The smallest absolute Gasteiger partial charge is 0.253 e. The van der Waals surface area contributed by atoms with Gasteiger partial charge < -0.3 is 14.2 Å². The number of imidazole rings is 1. The van der Waals surface area contributed by atoms with Gasteiger partial charge in [-0.1, -0.05) is 6.07 Å². The Labute approximate surface area is 190 Å². The van der Waals surface area contributed by atoms with Gasteiger partial charge in [0.05, 0.1) is 5.69 Å². The fourth-order valence-corrected chi connectivity index (χ4v) is 4.69. The minimum Gasteiger partial charge on any atom is -0.368 e. The van der Waals surface area contributed by atoms with E-state index in [0.29, 0.717) is 18.7 Å². The van der Waals surface area contributed by atoms with Gasteiger partial charge in [-0.25, -0.2) is 9.37 Å². The van der Waals surface area contributed by atoms with E-state index in [0.717, 1.165) is 40.8 Å². The molecule has 0 N–H and O–H groups in total. The van der Waals surface area contributed by atoms with Crippen LogP contribution in [-0.2, 0) is 5.75 Å². The number of fused-ring (bicyclic) bond motifs is 1. The number of anilines is 1. The summed E-state index contributed by atoms with van der Waals surface area (Å²) < 4.78 is 15.2. The Hall–Kier alpha value is -3.32. The molecule has 0 unspecified atom stereocenters. The number of rotatable bonds is 5. The molecule has 0 aliphatic carbocycles. The van der Waals surface area contributed by atoms with Gasteiger partial charge in [0.2, 0.25) is 0 Å². The van der Waals surface area contributed by atoms with E-state index in [2.05, 4.69) is 9.88 Å². The minimum absolute atomic E-state index is 0.0562. The van der Waals surface area contributed by atoms with Gasteiger partial charge in [0.15, 0.2) is 0 Å². The predicted molar refractivity (Wildman–Crippen MR) is 126 cm³/mol. The van der Waals surface area contributed by atoms with Crippen LogP contribution in [0.3, 0.4) is 0 Å². The molecular weight excluding hydrogens is 423 g/mol. The van der Waals surface area contributed by atoms with E-state index < -0.39 is 0 Å². The third kappa shape index (κ3) is 4.48. The first-order valence-corrected chi connectivity index (χ1v) is 11.6. The van der Waals surface area contributed by atoms with Crippen LogP contribution in [0, 0.1) is 5.82 Å². The first kappa shape index (κ1) is 20.6. The summed E-state index contributed by atoms with van der Waals surface area (Å²) in [6.45, 7) is 2.79. The number of carbonyl (C=O) groups is 1. The van der Waals surface area contributed by atoms with Gasteiger partial charge in [0, 0.05) is 60.5 Å². The van der Waals surface area contributed by atoms with Crippen molar-refractivity contribution in [2.45, 2.75) is 10.6 Å². The Bertz CT molecular complexity index is 1180. The largest absolute Gasteiger partial charge is 0.368 e. The van der Waals surface area contributed by atoms with E-state index in [1.807, 2.05) is 64.2 Å². The average molecular weight is 447 g/mol. The summed E-state index contributed by atoms with van der Waals surface area (Å²) in [6, 6.07) is 20.3. The summed E-state index contributed by atoms with van der Waals surface area (Å²) in [5.41, 5.74) is 3.67. The van der Waals surface area contributed by atoms with Crippen molar-refractivity contribution >= 4 is 29.0 Å². The van der Waals surface area contributed by atoms with Gasteiger partial charge in [0.25, 0.3) is 5.91 Å².